The van der Waals surface area contributed by atoms with Crippen LogP contribution in [0.5, 0.6) is 0 Å². The average Bonchev–Trinajstić information content (AvgIpc) is 2.32. The van der Waals surface area contributed by atoms with Crippen molar-refractivity contribution in [3.05, 3.63) is 29.3 Å². The SMILES string of the molecule is Cc1ccc(NC(=O)C2CCCCC2(C)N)c(C)c1. The minimum absolute atomic E-state index is 0.0663. The van der Waals surface area contributed by atoms with E-state index in [0.717, 1.165) is 36.9 Å². The number of nitrogens with one attached hydrogen (secondary N) is 1. The lowest BCUT2D eigenvalue weighted by molar-refractivity contribution is -0.122. The van der Waals surface area contributed by atoms with Crippen molar-refractivity contribution in [2.45, 2.75) is 52.0 Å². The number of amides is 1. The molecule has 0 aliphatic heterocycles. The Morgan fingerprint density at radius 3 is 2.74 bits per heavy atom. The molecule has 1 aromatic carbocycles. The van der Waals surface area contributed by atoms with Crippen LogP contribution in [0.15, 0.2) is 18.2 Å². The van der Waals surface area contributed by atoms with Gasteiger partial charge in [0.15, 0.2) is 0 Å². The molecule has 0 radical (unpaired) electrons. The summed E-state index contributed by atoms with van der Waals surface area (Å²) >= 11 is 0. The van der Waals surface area contributed by atoms with E-state index in [1.165, 1.54) is 5.56 Å². The van der Waals surface area contributed by atoms with Crippen LogP contribution in [0, 0.1) is 19.8 Å². The molecule has 3 heteroatoms. The molecular weight excluding hydrogens is 236 g/mol. The normalized spacial score (nSPS) is 27.1. The molecule has 104 valence electrons. The van der Waals surface area contributed by atoms with E-state index in [1.807, 2.05) is 26.0 Å². The molecule has 1 fully saturated rings. The second kappa shape index (κ2) is 5.33. The zero-order valence-corrected chi connectivity index (χ0v) is 12.1. The second-order valence-electron chi connectivity index (χ2n) is 6.11. The Balaban J connectivity index is 2.12. The van der Waals surface area contributed by atoms with Crippen LogP contribution >= 0.6 is 0 Å². The van der Waals surface area contributed by atoms with E-state index in [2.05, 4.69) is 18.3 Å². The van der Waals surface area contributed by atoms with Crippen LogP contribution in [0.4, 0.5) is 5.69 Å². The summed E-state index contributed by atoms with van der Waals surface area (Å²) in [5, 5.41) is 3.04. The van der Waals surface area contributed by atoms with Crippen molar-refractivity contribution in [2.75, 3.05) is 5.32 Å². The van der Waals surface area contributed by atoms with Crippen molar-refractivity contribution in [3.63, 3.8) is 0 Å². The Bertz CT molecular complexity index is 480. The maximum absolute atomic E-state index is 12.4. The Morgan fingerprint density at radius 1 is 1.37 bits per heavy atom. The van der Waals surface area contributed by atoms with Gasteiger partial charge in [-0.2, -0.15) is 0 Å². The summed E-state index contributed by atoms with van der Waals surface area (Å²) in [6, 6.07) is 6.07. The van der Waals surface area contributed by atoms with Gasteiger partial charge in [-0.15, -0.1) is 0 Å². The molecular formula is C16H24N2O. The number of anilines is 1. The molecule has 1 saturated carbocycles. The van der Waals surface area contributed by atoms with E-state index in [-0.39, 0.29) is 17.4 Å². The second-order valence-corrected chi connectivity index (χ2v) is 6.11. The highest BCUT2D eigenvalue weighted by Crippen LogP contribution is 2.32. The predicted molar refractivity (Wildman–Crippen MR) is 79.1 cm³/mol. The molecule has 3 N–H and O–H groups in total. The Morgan fingerprint density at radius 2 is 2.11 bits per heavy atom. The van der Waals surface area contributed by atoms with Crippen LogP contribution < -0.4 is 11.1 Å². The number of carbonyl (C=O) groups excluding carboxylic acids is 1. The quantitative estimate of drug-likeness (QED) is 0.858. The van der Waals surface area contributed by atoms with Crippen molar-refractivity contribution in [3.8, 4) is 0 Å². The fraction of sp³-hybridized carbons (Fsp3) is 0.562. The van der Waals surface area contributed by atoms with Crippen LogP contribution in [0.25, 0.3) is 0 Å². The van der Waals surface area contributed by atoms with Gasteiger partial charge in [-0.25, -0.2) is 0 Å². The largest absolute Gasteiger partial charge is 0.326 e. The Labute approximate surface area is 115 Å². The lowest BCUT2D eigenvalue weighted by Gasteiger charge is -2.37. The molecule has 2 unspecified atom stereocenters. The molecule has 0 spiro atoms. The lowest BCUT2D eigenvalue weighted by Crippen LogP contribution is -2.51. The zero-order valence-electron chi connectivity index (χ0n) is 12.1. The summed E-state index contributed by atoms with van der Waals surface area (Å²) in [5.74, 6) is -0.0152. The minimum Gasteiger partial charge on any atom is -0.326 e. The molecule has 0 heterocycles. The first-order chi connectivity index (χ1) is 8.90. The minimum atomic E-state index is -0.374. The fourth-order valence-electron chi connectivity index (χ4n) is 2.96. The topological polar surface area (TPSA) is 55.1 Å². The van der Waals surface area contributed by atoms with E-state index in [1.54, 1.807) is 0 Å². The first-order valence-corrected chi connectivity index (χ1v) is 7.07. The molecule has 2 rings (SSSR count). The molecule has 1 amide bonds. The summed E-state index contributed by atoms with van der Waals surface area (Å²) in [6.45, 7) is 6.07. The molecule has 1 aromatic rings. The highest BCUT2D eigenvalue weighted by Gasteiger charge is 2.37. The van der Waals surface area contributed by atoms with Gasteiger partial charge in [-0.05, 0) is 45.2 Å². The summed E-state index contributed by atoms with van der Waals surface area (Å²) < 4.78 is 0. The molecule has 1 aliphatic rings. The van der Waals surface area contributed by atoms with E-state index in [4.69, 9.17) is 5.73 Å². The van der Waals surface area contributed by atoms with Gasteiger partial charge < -0.3 is 11.1 Å². The standard InChI is InChI=1S/C16H24N2O/c1-11-7-8-14(12(2)10-11)18-15(19)13-6-4-5-9-16(13,3)17/h7-8,10,13H,4-6,9,17H2,1-3H3,(H,18,19). The van der Waals surface area contributed by atoms with Gasteiger partial charge in [-0.1, -0.05) is 30.5 Å². The number of hydrogen-bond donors (Lipinski definition) is 2. The summed E-state index contributed by atoms with van der Waals surface area (Å²) in [6.07, 6.45) is 4.04. The highest BCUT2D eigenvalue weighted by atomic mass is 16.1. The van der Waals surface area contributed by atoms with Gasteiger partial charge >= 0.3 is 0 Å². The van der Waals surface area contributed by atoms with Gasteiger partial charge in [0.2, 0.25) is 5.91 Å². The molecule has 0 aromatic heterocycles. The van der Waals surface area contributed by atoms with Crippen LogP contribution in [0.1, 0.15) is 43.7 Å². The third-order valence-corrected chi connectivity index (χ3v) is 4.21. The van der Waals surface area contributed by atoms with E-state index in [9.17, 15) is 4.79 Å². The summed E-state index contributed by atoms with van der Waals surface area (Å²) in [4.78, 5) is 12.4. The summed E-state index contributed by atoms with van der Waals surface area (Å²) in [5.41, 5.74) is 9.11. The van der Waals surface area contributed by atoms with Crippen molar-refractivity contribution in [1.82, 2.24) is 0 Å². The smallest absolute Gasteiger partial charge is 0.229 e. The number of rotatable bonds is 2. The van der Waals surface area contributed by atoms with E-state index >= 15 is 0 Å². The number of carbonyl (C=O) groups is 1. The maximum Gasteiger partial charge on any atom is 0.229 e. The maximum atomic E-state index is 12.4. The van der Waals surface area contributed by atoms with Gasteiger partial charge in [0.1, 0.15) is 0 Å². The number of benzene rings is 1. The Kier molecular flexibility index (Phi) is 3.95. The molecule has 2 atom stereocenters. The molecule has 19 heavy (non-hydrogen) atoms. The third kappa shape index (κ3) is 3.16. The van der Waals surface area contributed by atoms with Crippen molar-refractivity contribution >= 4 is 11.6 Å². The zero-order chi connectivity index (χ0) is 14.0. The first kappa shape index (κ1) is 14.1. The van der Waals surface area contributed by atoms with Gasteiger partial charge in [0.25, 0.3) is 0 Å². The van der Waals surface area contributed by atoms with Crippen molar-refractivity contribution in [2.24, 2.45) is 11.7 Å². The predicted octanol–water partition coefficient (Wildman–Crippen LogP) is 3.15. The van der Waals surface area contributed by atoms with Crippen LogP contribution in [0.2, 0.25) is 0 Å². The van der Waals surface area contributed by atoms with Gasteiger partial charge in [-0.3, -0.25) is 4.79 Å². The van der Waals surface area contributed by atoms with E-state index in [0.29, 0.717) is 0 Å². The Hall–Kier alpha value is -1.35. The van der Waals surface area contributed by atoms with Crippen LogP contribution in [0.3, 0.4) is 0 Å². The molecule has 0 bridgehead atoms. The molecule has 0 saturated heterocycles. The van der Waals surface area contributed by atoms with Gasteiger partial charge in [0.05, 0.1) is 5.92 Å². The lowest BCUT2D eigenvalue weighted by atomic mass is 9.74. The van der Waals surface area contributed by atoms with Gasteiger partial charge in [0, 0.05) is 11.2 Å². The number of nitrogens with two attached hydrogens (primary N) is 1. The third-order valence-electron chi connectivity index (χ3n) is 4.21. The highest BCUT2D eigenvalue weighted by molar-refractivity contribution is 5.94. The first-order valence-electron chi connectivity index (χ1n) is 7.07. The monoisotopic (exact) mass is 260 g/mol. The van der Waals surface area contributed by atoms with E-state index < -0.39 is 0 Å². The number of hydrogen-bond acceptors (Lipinski definition) is 2. The number of aryl methyl sites for hydroxylation is 2. The molecule has 1 aliphatic carbocycles. The summed E-state index contributed by atoms with van der Waals surface area (Å²) in [7, 11) is 0. The van der Waals surface area contributed by atoms with Crippen LogP contribution in [-0.4, -0.2) is 11.4 Å². The fourth-order valence-corrected chi connectivity index (χ4v) is 2.96. The van der Waals surface area contributed by atoms with Crippen molar-refractivity contribution < 1.29 is 4.79 Å². The molecule has 3 nitrogen and oxygen atoms in total. The average molecular weight is 260 g/mol. The van der Waals surface area contributed by atoms with Crippen LogP contribution in [-0.2, 0) is 4.79 Å². The van der Waals surface area contributed by atoms with Crippen molar-refractivity contribution in [1.29, 1.82) is 0 Å².